The molecular weight excluding hydrogens is 326 g/mol. The maximum absolute atomic E-state index is 12.9. The average molecular weight is 351 g/mol. The molecule has 0 radical (unpaired) electrons. The molecule has 1 aromatic rings. The molecule has 1 N–H and O–H groups in total. The molecule has 0 saturated carbocycles. The first kappa shape index (κ1) is 17.4. The van der Waals surface area contributed by atoms with Crippen LogP contribution in [0.2, 0.25) is 0 Å². The van der Waals surface area contributed by atoms with Crippen LogP contribution in [0.15, 0.2) is 23.1 Å². The molecule has 7 heteroatoms. The number of rotatable bonds is 2. The van der Waals surface area contributed by atoms with Gasteiger partial charge < -0.3 is 10.2 Å². The first-order chi connectivity index (χ1) is 11.4. The molecule has 0 bridgehead atoms. The van der Waals surface area contributed by atoms with E-state index in [1.807, 2.05) is 17.9 Å². The van der Waals surface area contributed by atoms with Crippen LogP contribution in [0.25, 0.3) is 0 Å². The van der Waals surface area contributed by atoms with Gasteiger partial charge in [0, 0.05) is 45.7 Å². The number of carbonyl (C=O) groups is 1. The van der Waals surface area contributed by atoms with Crippen LogP contribution in [0, 0.1) is 0 Å². The van der Waals surface area contributed by atoms with Gasteiger partial charge in [-0.1, -0.05) is 6.07 Å². The molecule has 24 heavy (non-hydrogen) atoms. The van der Waals surface area contributed by atoms with Gasteiger partial charge in [0.15, 0.2) is 0 Å². The van der Waals surface area contributed by atoms with Gasteiger partial charge >= 0.3 is 0 Å². The Hall–Kier alpha value is -1.44. The number of piperazine rings is 1. The molecule has 1 fully saturated rings. The zero-order valence-corrected chi connectivity index (χ0v) is 15.1. The maximum Gasteiger partial charge on any atom is 0.243 e. The van der Waals surface area contributed by atoms with Crippen molar-refractivity contribution in [2.45, 2.75) is 37.6 Å². The third kappa shape index (κ3) is 3.48. The zero-order valence-electron chi connectivity index (χ0n) is 14.3. The molecule has 2 aliphatic heterocycles. The summed E-state index contributed by atoms with van der Waals surface area (Å²) in [6.45, 7) is 6.60. The highest BCUT2D eigenvalue weighted by Crippen LogP contribution is 2.23. The lowest BCUT2D eigenvalue weighted by Gasteiger charge is -2.31. The number of hydrogen-bond acceptors (Lipinski definition) is 4. The molecule has 132 valence electrons. The second kappa shape index (κ2) is 6.82. The van der Waals surface area contributed by atoms with Crippen LogP contribution in [0.5, 0.6) is 0 Å². The summed E-state index contributed by atoms with van der Waals surface area (Å²) in [7, 11) is -3.46. The molecule has 2 heterocycles. The molecular formula is C17H25N3O3S. The number of amides is 1. The molecule has 1 atom stereocenters. The lowest BCUT2D eigenvalue weighted by Crippen LogP contribution is -2.51. The minimum atomic E-state index is -3.46. The molecule has 0 spiro atoms. The van der Waals surface area contributed by atoms with Gasteiger partial charge in [-0.15, -0.1) is 0 Å². The Bertz CT molecular complexity index is 733. The predicted molar refractivity (Wildman–Crippen MR) is 92.3 cm³/mol. The van der Waals surface area contributed by atoms with E-state index in [0.29, 0.717) is 44.0 Å². The first-order valence-electron chi connectivity index (χ1n) is 8.49. The van der Waals surface area contributed by atoms with Crippen LogP contribution in [0.4, 0.5) is 0 Å². The van der Waals surface area contributed by atoms with Gasteiger partial charge in [0.25, 0.3) is 0 Å². The summed E-state index contributed by atoms with van der Waals surface area (Å²) in [6.07, 6.45) is 1.48. The van der Waals surface area contributed by atoms with Gasteiger partial charge in [0.05, 0.1) is 4.90 Å². The van der Waals surface area contributed by atoms with Crippen molar-refractivity contribution in [1.29, 1.82) is 0 Å². The van der Waals surface area contributed by atoms with Crippen molar-refractivity contribution >= 4 is 15.9 Å². The van der Waals surface area contributed by atoms with Gasteiger partial charge in [-0.25, -0.2) is 8.42 Å². The van der Waals surface area contributed by atoms with E-state index in [4.69, 9.17) is 0 Å². The van der Waals surface area contributed by atoms with E-state index < -0.39 is 10.0 Å². The standard InChI is InChI=1S/C17H25N3O3S/c1-13-12-20(10-7-18-13)24(22,23)17-4-3-15-5-8-19(14(2)21)9-6-16(15)11-17/h3-4,11,13,18H,5-10,12H2,1-2H3/t13-/m1/s1. The summed E-state index contributed by atoms with van der Waals surface area (Å²) in [5.41, 5.74) is 2.19. The van der Waals surface area contributed by atoms with Crippen molar-refractivity contribution in [3.63, 3.8) is 0 Å². The molecule has 0 unspecified atom stereocenters. The van der Waals surface area contributed by atoms with Crippen molar-refractivity contribution in [2.24, 2.45) is 0 Å². The fourth-order valence-electron chi connectivity index (χ4n) is 3.44. The Morgan fingerprint density at radius 2 is 1.88 bits per heavy atom. The van der Waals surface area contributed by atoms with Gasteiger partial charge in [-0.2, -0.15) is 4.31 Å². The Morgan fingerprint density at radius 3 is 2.54 bits per heavy atom. The van der Waals surface area contributed by atoms with Crippen molar-refractivity contribution < 1.29 is 13.2 Å². The fourth-order valence-corrected chi connectivity index (χ4v) is 5.02. The maximum atomic E-state index is 12.9. The van der Waals surface area contributed by atoms with E-state index in [9.17, 15) is 13.2 Å². The van der Waals surface area contributed by atoms with Crippen LogP contribution in [0.1, 0.15) is 25.0 Å². The smallest absolute Gasteiger partial charge is 0.243 e. The molecule has 2 aliphatic rings. The SMILES string of the molecule is CC(=O)N1CCc2ccc(S(=O)(=O)N3CCN[C@H](C)C3)cc2CC1. The van der Waals surface area contributed by atoms with Crippen molar-refractivity contribution in [1.82, 2.24) is 14.5 Å². The molecule has 1 aromatic carbocycles. The second-order valence-corrected chi connectivity index (χ2v) is 8.59. The van der Waals surface area contributed by atoms with Crippen LogP contribution >= 0.6 is 0 Å². The number of carbonyl (C=O) groups excluding carboxylic acids is 1. The molecule has 3 rings (SSSR count). The summed E-state index contributed by atoms with van der Waals surface area (Å²) >= 11 is 0. The number of sulfonamides is 1. The number of fused-ring (bicyclic) bond motifs is 1. The molecule has 1 saturated heterocycles. The third-order valence-corrected chi connectivity index (χ3v) is 6.76. The predicted octanol–water partition coefficient (Wildman–Crippen LogP) is 0.616. The number of benzene rings is 1. The van der Waals surface area contributed by atoms with E-state index in [2.05, 4.69) is 5.32 Å². The highest BCUT2D eigenvalue weighted by atomic mass is 32.2. The van der Waals surface area contributed by atoms with Crippen LogP contribution in [0.3, 0.4) is 0 Å². The molecule has 1 amide bonds. The first-order valence-corrected chi connectivity index (χ1v) is 9.93. The molecule has 0 aromatic heterocycles. The summed E-state index contributed by atoms with van der Waals surface area (Å²) in [5, 5.41) is 3.27. The normalized spacial score (nSPS) is 22.8. The monoisotopic (exact) mass is 351 g/mol. The fraction of sp³-hybridized carbons (Fsp3) is 0.588. The Labute approximate surface area is 143 Å². The highest BCUT2D eigenvalue weighted by Gasteiger charge is 2.29. The number of hydrogen-bond donors (Lipinski definition) is 1. The van der Waals surface area contributed by atoms with Crippen molar-refractivity contribution in [2.75, 3.05) is 32.7 Å². The lowest BCUT2D eigenvalue weighted by molar-refractivity contribution is -0.128. The van der Waals surface area contributed by atoms with Gasteiger partial charge in [-0.3, -0.25) is 4.79 Å². The van der Waals surface area contributed by atoms with Crippen LogP contribution in [-0.4, -0.2) is 62.3 Å². The van der Waals surface area contributed by atoms with Gasteiger partial charge in [-0.05, 0) is 43.0 Å². The Kier molecular flexibility index (Phi) is 4.94. The number of nitrogens with zero attached hydrogens (tertiary/aromatic N) is 2. The minimum absolute atomic E-state index is 0.0745. The third-order valence-electron chi connectivity index (χ3n) is 4.89. The Morgan fingerprint density at radius 1 is 1.17 bits per heavy atom. The quantitative estimate of drug-likeness (QED) is 0.848. The van der Waals surface area contributed by atoms with Gasteiger partial charge in [0.1, 0.15) is 0 Å². The summed E-state index contributed by atoms with van der Waals surface area (Å²) < 4.78 is 27.4. The Balaban J connectivity index is 1.85. The highest BCUT2D eigenvalue weighted by molar-refractivity contribution is 7.89. The number of nitrogens with one attached hydrogen (secondary N) is 1. The largest absolute Gasteiger partial charge is 0.342 e. The van der Waals surface area contributed by atoms with E-state index >= 15 is 0 Å². The minimum Gasteiger partial charge on any atom is -0.342 e. The van der Waals surface area contributed by atoms with E-state index in [0.717, 1.165) is 17.5 Å². The average Bonchev–Trinajstić information content (AvgIpc) is 2.76. The molecule has 0 aliphatic carbocycles. The van der Waals surface area contributed by atoms with Gasteiger partial charge in [0.2, 0.25) is 15.9 Å². The second-order valence-electron chi connectivity index (χ2n) is 6.65. The van der Waals surface area contributed by atoms with E-state index in [1.165, 1.54) is 0 Å². The molecule has 6 nitrogen and oxygen atoms in total. The lowest BCUT2D eigenvalue weighted by atomic mass is 10.0. The van der Waals surface area contributed by atoms with Crippen molar-refractivity contribution in [3.8, 4) is 0 Å². The zero-order chi connectivity index (χ0) is 17.3. The van der Waals surface area contributed by atoms with Crippen molar-refractivity contribution in [3.05, 3.63) is 29.3 Å². The van der Waals surface area contributed by atoms with Crippen LogP contribution in [-0.2, 0) is 27.7 Å². The van der Waals surface area contributed by atoms with E-state index in [-0.39, 0.29) is 11.9 Å². The summed E-state index contributed by atoms with van der Waals surface area (Å²) in [4.78, 5) is 13.8. The van der Waals surface area contributed by atoms with E-state index in [1.54, 1.807) is 23.4 Å². The summed E-state index contributed by atoms with van der Waals surface area (Å²) in [6, 6.07) is 5.60. The van der Waals surface area contributed by atoms with Crippen LogP contribution < -0.4 is 5.32 Å². The topological polar surface area (TPSA) is 69.7 Å². The summed E-state index contributed by atoms with van der Waals surface area (Å²) in [5.74, 6) is 0.0745.